The van der Waals surface area contributed by atoms with Gasteiger partial charge in [0.15, 0.2) is 0 Å². The van der Waals surface area contributed by atoms with Gasteiger partial charge in [-0.2, -0.15) is 0 Å². The number of hydrogen-bond acceptors (Lipinski definition) is 3. The van der Waals surface area contributed by atoms with E-state index >= 15 is 0 Å². The summed E-state index contributed by atoms with van der Waals surface area (Å²) in [4.78, 5) is 17.5. The highest BCUT2D eigenvalue weighted by molar-refractivity contribution is 9.10. The standard InChI is InChI=1S/C23H27BrN2O2/c1-16-10-11-21-23(28)25(13-17-6-3-2-4-7-17)14-20(27)15-26(21)22(16)18-8-5-9-19(24)12-18/h2-9,12,16,20-22,27H,10-11,13-15H2,1H3/t16-,20-,21+,22+/m1/s1. The van der Waals surface area contributed by atoms with Crippen LogP contribution in [0.3, 0.4) is 0 Å². The molecule has 148 valence electrons. The van der Waals surface area contributed by atoms with Crippen LogP contribution in [0.15, 0.2) is 59.1 Å². The highest BCUT2D eigenvalue weighted by Crippen LogP contribution is 2.41. The summed E-state index contributed by atoms with van der Waals surface area (Å²) in [6.45, 7) is 3.73. The molecule has 4 nitrogen and oxygen atoms in total. The zero-order valence-corrected chi connectivity index (χ0v) is 17.8. The lowest BCUT2D eigenvalue weighted by atomic mass is 9.82. The van der Waals surface area contributed by atoms with E-state index < -0.39 is 6.10 Å². The summed E-state index contributed by atoms with van der Waals surface area (Å²) >= 11 is 3.58. The normalized spacial score (nSPS) is 28.7. The van der Waals surface area contributed by atoms with Crippen molar-refractivity contribution in [2.75, 3.05) is 13.1 Å². The molecule has 1 amide bonds. The molecule has 4 atom stereocenters. The lowest BCUT2D eigenvalue weighted by Gasteiger charge is -2.44. The van der Waals surface area contributed by atoms with Gasteiger partial charge in [0.2, 0.25) is 5.91 Å². The molecule has 0 aliphatic carbocycles. The van der Waals surface area contributed by atoms with Crippen LogP contribution in [0.5, 0.6) is 0 Å². The van der Waals surface area contributed by atoms with Crippen molar-refractivity contribution in [3.05, 3.63) is 70.2 Å². The summed E-state index contributed by atoms with van der Waals surface area (Å²) in [6, 6.07) is 18.4. The van der Waals surface area contributed by atoms with Crippen LogP contribution in [0.2, 0.25) is 0 Å². The van der Waals surface area contributed by atoms with Crippen molar-refractivity contribution in [3.63, 3.8) is 0 Å². The number of carbonyl (C=O) groups excluding carboxylic acids is 1. The second kappa shape index (κ2) is 8.36. The van der Waals surface area contributed by atoms with Crippen molar-refractivity contribution in [1.82, 2.24) is 9.80 Å². The van der Waals surface area contributed by atoms with Gasteiger partial charge < -0.3 is 10.0 Å². The van der Waals surface area contributed by atoms with E-state index in [1.54, 1.807) is 0 Å². The van der Waals surface area contributed by atoms with Crippen molar-refractivity contribution >= 4 is 21.8 Å². The predicted octanol–water partition coefficient (Wildman–Crippen LogP) is 3.99. The van der Waals surface area contributed by atoms with Crippen LogP contribution >= 0.6 is 15.9 Å². The lowest BCUT2D eigenvalue weighted by molar-refractivity contribution is -0.139. The Morgan fingerprint density at radius 1 is 1.07 bits per heavy atom. The number of hydrogen-bond donors (Lipinski definition) is 1. The molecule has 0 spiro atoms. The average Bonchev–Trinajstić information content (AvgIpc) is 2.79. The van der Waals surface area contributed by atoms with Crippen molar-refractivity contribution in [2.45, 2.75) is 44.5 Å². The summed E-state index contributed by atoms with van der Waals surface area (Å²) < 4.78 is 1.05. The Morgan fingerprint density at radius 3 is 2.61 bits per heavy atom. The number of aliphatic hydroxyl groups is 1. The summed E-state index contributed by atoms with van der Waals surface area (Å²) in [5, 5.41) is 10.8. The van der Waals surface area contributed by atoms with Gasteiger partial charge >= 0.3 is 0 Å². The number of β-amino-alcohol motifs (C(OH)–C–C–N with tert-alkyl or cyclic N) is 1. The molecule has 2 aliphatic rings. The molecular formula is C23H27BrN2O2. The number of aliphatic hydroxyl groups excluding tert-OH is 1. The molecule has 0 radical (unpaired) electrons. The molecule has 2 saturated heterocycles. The molecule has 2 aromatic carbocycles. The fraction of sp³-hybridized carbons (Fsp3) is 0.435. The Kier molecular flexibility index (Phi) is 5.85. The quantitative estimate of drug-likeness (QED) is 0.780. The van der Waals surface area contributed by atoms with E-state index in [1.807, 2.05) is 47.4 Å². The molecule has 4 rings (SSSR count). The summed E-state index contributed by atoms with van der Waals surface area (Å²) in [7, 11) is 0. The molecule has 1 N–H and O–H groups in total. The van der Waals surface area contributed by atoms with Crippen LogP contribution in [0.1, 0.15) is 36.9 Å². The largest absolute Gasteiger partial charge is 0.390 e. The molecule has 2 fully saturated rings. The van der Waals surface area contributed by atoms with Crippen molar-refractivity contribution in [3.8, 4) is 0 Å². The number of piperidine rings is 1. The van der Waals surface area contributed by atoms with Gasteiger partial charge in [-0.3, -0.25) is 9.69 Å². The van der Waals surface area contributed by atoms with Crippen LogP contribution in [0.4, 0.5) is 0 Å². The van der Waals surface area contributed by atoms with Gasteiger partial charge in [-0.15, -0.1) is 0 Å². The van der Waals surface area contributed by atoms with E-state index in [9.17, 15) is 9.90 Å². The van der Waals surface area contributed by atoms with Crippen LogP contribution in [-0.4, -0.2) is 46.0 Å². The van der Waals surface area contributed by atoms with Gasteiger partial charge in [0.25, 0.3) is 0 Å². The minimum Gasteiger partial charge on any atom is -0.390 e. The highest BCUT2D eigenvalue weighted by atomic mass is 79.9. The summed E-state index contributed by atoms with van der Waals surface area (Å²) in [5.74, 6) is 0.582. The molecule has 2 aliphatic heterocycles. The Morgan fingerprint density at radius 2 is 1.86 bits per heavy atom. The first kappa shape index (κ1) is 19.6. The van der Waals surface area contributed by atoms with E-state index in [4.69, 9.17) is 0 Å². The molecule has 5 heteroatoms. The second-order valence-electron chi connectivity index (χ2n) is 8.13. The molecule has 0 saturated carbocycles. The van der Waals surface area contributed by atoms with Gasteiger partial charge in [-0.1, -0.05) is 65.3 Å². The number of halogens is 1. The van der Waals surface area contributed by atoms with Gasteiger partial charge in [0.05, 0.1) is 12.1 Å². The number of amides is 1. The Labute approximate surface area is 175 Å². The summed E-state index contributed by atoms with van der Waals surface area (Å²) in [6.07, 6.45) is 1.32. The van der Waals surface area contributed by atoms with Gasteiger partial charge in [-0.05, 0) is 42.0 Å². The average molecular weight is 443 g/mol. The predicted molar refractivity (Wildman–Crippen MR) is 114 cm³/mol. The van der Waals surface area contributed by atoms with Crippen LogP contribution < -0.4 is 0 Å². The number of rotatable bonds is 3. The first-order valence-corrected chi connectivity index (χ1v) is 10.8. The maximum atomic E-state index is 13.4. The minimum absolute atomic E-state index is 0.145. The van der Waals surface area contributed by atoms with E-state index in [2.05, 4.69) is 39.9 Å². The Bertz CT molecular complexity index is 828. The monoisotopic (exact) mass is 442 g/mol. The zero-order valence-electron chi connectivity index (χ0n) is 16.2. The smallest absolute Gasteiger partial charge is 0.240 e. The molecule has 2 heterocycles. The fourth-order valence-corrected chi connectivity index (χ4v) is 5.20. The number of carbonyl (C=O) groups is 1. The van der Waals surface area contributed by atoms with Gasteiger partial charge in [0, 0.05) is 30.1 Å². The van der Waals surface area contributed by atoms with E-state index in [0.717, 1.165) is 22.9 Å². The maximum absolute atomic E-state index is 13.4. The van der Waals surface area contributed by atoms with Crippen molar-refractivity contribution < 1.29 is 9.90 Å². The van der Waals surface area contributed by atoms with Crippen LogP contribution in [0, 0.1) is 5.92 Å². The second-order valence-corrected chi connectivity index (χ2v) is 9.04. The maximum Gasteiger partial charge on any atom is 0.240 e. The Hall–Kier alpha value is -1.69. The SMILES string of the molecule is C[C@@H]1CC[C@H]2C(=O)N(Cc3ccccc3)C[C@@H](O)CN2[C@@H]1c1cccc(Br)c1. The molecule has 0 aromatic heterocycles. The first-order valence-electron chi connectivity index (χ1n) is 10.0. The lowest BCUT2D eigenvalue weighted by Crippen LogP contribution is -2.51. The number of benzene rings is 2. The minimum atomic E-state index is -0.544. The van der Waals surface area contributed by atoms with E-state index in [0.29, 0.717) is 25.6 Å². The third kappa shape index (κ3) is 4.02. The number of nitrogens with zero attached hydrogens (tertiary/aromatic N) is 2. The van der Waals surface area contributed by atoms with Crippen LogP contribution in [0.25, 0.3) is 0 Å². The topological polar surface area (TPSA) is 43.8 Å². The van der Waals surface area contributed by atoms with E-state index in [-0.39, 0.29) is 18.0 Å². The third-order valence-corrected chi connectivity index (χ3v) is 6.54. The zero-order chi connectivity index (χ0) is 19.7. The molecule has 28 heavy (non-hydrogen) atoms. The molecule has 0 bridgehead atoms. The van der Waals surface area contributed by atoms with Crippen LogP contribution in [-0.2, 0) is 11.3 Å². The van der Waals surface area contributed by atoms with Crippen molar-refractivity contribution in [2.24, 2.45) is 5.92 Å². The molecule has 0 unspecified atom stereocenters. The molecule has 2 aromatic rings. The van der Waals surface area contributed by atoms with Crippen molar-refractivity contribution in [1.29, 1.82) is 0 Å². The third-order valence-electron chi connectivity index (χ3n) is 6.05. The van der Waals surface area contributed by atoms with Gasteiger partial charge in [0.1, 0.15) is 0 Å². The molecular weight excluding hydrogens is 416 g/mol. The number of fused-ring (bicyclic) bond motifs is 1. The first-order chi connectivity index (χ1) is 13.5. The fourth-order valence-electron chi connectivity index (χ4n) is 4.78. The summed E-state index contributed by atoms with van der Waals surface area (Å²) in [5.41, 5.74) is 2.31. The van der Waals surface area contributed by atoms with E-state index in [1.165, 1.54) is 5.56 Å². The van der Waals surface area contributed by atoms with Gasteiger partial charge in [-0.25, -0.2) is 0 Å². The Balaban J connectivity index is 1.63. The highest BCUT2D eigenvalue weighted by Gasteiger charge is 2.44.